The lowest BCUT2D eigenvalue weighted by molar-refractivity contribution is -0.146. The standard InChI is InChI=1S/C21H17ClF3NO4/c1-3-5-18(20(27)28-4-2)30-19-11-15(8-6-13(19)12-26)29-17-9-7-14(10-16(17)22)21(23,24)25/h4,6-11,18H,2-3,5H2,1H3. The minimum atomic E-state index is -4.54. The maximum Gasteiger partial charge on any atom is 0.416 e. The van der Waals surface area contributed by atoms with Crippen molar-refractivity contribution < 1.29 is 32.2 Å². The first-order valence-corrected chi connectivity index (χ1v) is 9.14. The van der Waals surface area contributed by atoms with Gasteiger partial charge in [-0.3, -0.25) is 0 Å². The molecule has 2 aromatic rings. The van der Waals surface area contributed by atoms with Crippen LogP contribution in [0.25, 0.3) is 0 Å². The van der Waals surface area contributed by atoms with Gasteiger partial charge in [0, 0.05) is 6.07 Å². The van der Waals surface area contributed by atoms with Crippen LogP contribution in [0.1, 0.15) is 30.9 Å². The van der Waals surface area contributed by atoms with Gasteiger partial charge in [0.05, 0.1) is 22.4 Å². The Morgan fingerprint density at radius 1 is 1.27 bits per heavy atom. The predicted molar refractivity (Wildman–Crippen MR) is 103 cm³/mol. The van der Waals surface area contributed by atoms with Crippen LogP contribution in [0.4, 0.5) is 13.2 Å². The minimum absolute atomic E-state index is 0.0171. The van der Waals surface area contributed by atoms with E-state index in [1.54, 1.807) is 0 Å². The van der Waals surface area contributed by atoms with E-state index in [1.165, 1.54) is 18.2 Å². The fourth-order valence-electron chi connectivity index (χ4n) is 2.44. The predicted octanol–water partition coefficient (Wildman–Crippen LogP) is 6.26. The molecule has 0 radical (unpaired) electrons. The highest BCUT2D eigenvalue weighted by Gasteiger charge is 2.31. The molecule has 0 amide bonds. The highest BCUT2D eigenvalue weighted by molar-refractivity contribution is 6.32. The van der Waals surface area contributed by atoms with Gasteiger partial charge < -0.3 is 14.2 Å². The van der Waals surface area contributed by atoms with Crippen LogP contribution in [0.5, 0.6) is 17.2 Å². The molecule has 1 unspecified atom stereocenters. The van der Waals surface area contributed by atoms with Crippen LogP contribution in [-0.4, -0.2) is 12.1 Å². The number of rotatable bonds is 8. The molecule has 0 bridgehead atoms. The fraction of sp³-hybridized carbons (Fsp3) is 0.238. The number of hydrogen-bond acceptors (Lipinski definition) is 5. The van der Waals surface area contributed by atoms with E-state index in [-0.39, 0.29) is 27.8 Å². The molecule has 0 N–H and O–H groups in total. The summed E-state index contributed by atoms with van der Waals surface area (Å²) in [5, 5.41) is 9.06. The van der Waals surface area contributed by atoms with Crippen molar-refractivity contribution in [2.24, 2.45) is 0 Å². The van der Waals surface area contributed by atoms with E-state index < -0.39 is 23.8 Å². The molecule has 158 valence electrons. The molecule has 0 saturated heterocycles. The zero-order valence-corrected chi connectivity index (χ0v) is 16.6. The number of esters is 1. The maximum absolute atomic E-state index is 12.8. The Morgan fingerprint density at radius 2 is 2.00 bits per heavy atom. The number of carbonyl (C=O) groups is 1. The highest BCUT2D eigenvalue weighted by atomic mass is 35.5. The number of carbonyl (C=O) groups excluding carboxylic acids is 1. The number of nitrogens with zero attached hydrogens (tertiary/aromatic N) is 1. The second-order valence-corrected chi connectivity index (χ2v) is 6.42. The molecule has 0 heterocycles. The van der Waals surface area contributed by atoms with Crippen molar-refractivity contribution in [1.82, 2.24) is 0 Å². The summed E-state index contributed by atoms with van der Waals surface area (Å²) in [6.07, 6.45) is -3.61. The first-order valence-electron chi connectivity index (χ1n) is 8.76. The topological polar surface area (TPSA) is 68.6 Å². The minimum Gasteiger partial charge on any atom is -0.477 e. The third-order valence-corrected chi connectivity index (χ3v) is 4.14. The summed E-state index contributed by atoms with van der Waals surface area (Å²) >= 11 is 5.91. The Kier molecular flexibility index (Phi) is 7.72. The first-order chi connectivity index (χ1) is 14.2. The Bertz CT molecular complexity index is 970. The van der Waals surface area contributed by atoms with Crippen molar-refractivity contribution in [2.75, 3.05) is 0 Å². The molecule has 0 aliphatic rings. The van der Waals surface area contributed by atoms with Crippen LogP contribution < -0.4 is 9.47 Å². The Labute approximate surface area is 176 Å². The normalized spacial score (nSPS) is 11.9. The number of alkyl halides is 3. The molecule has 9 heteroatoms. The quantitative estimate of drug-likeness (QED) is 0.359. The third-order valence-electron chi connectivity index (χ3n) is 3.84. The summed E-state index contributed by atoms with van der Waals surface area (Å²) in [5.41, 5.74) is -0.778. The lowest BCUT2D eigenvalue weighted by atomic mass is 10.1. The first kappa shape index (κ1) is 23.1. The van der Waals surface area contributed by atoms with Crippen molar-refractivity contribution in [2.45, 2.75) is 32.0 Å². The summed E-state index contributed by atoms with van der Waals surface area (Å²) in [7, 11) is 0. The van der Waals surface area contributed by atoms with Gasteiger partial charge in [-0.1, -0.05) is 31.5 Å². The van der Waals surface area contributed by atoms with Crippen LogP contribution in [0.2, 0.25) is 5.02 Å². The van der Waals surface area contributed by atoms with Gasteiger partial charge in [0.25, 0.3) is 0 Å². The third kappa shape index (κ3) is 5.91. The lowest BCUT2D eigenvalue weighted by Crippen LogP contribution is -2.28. The average molecular weight is 440 g/mol. The highest BCUT2D eigenvalue weighted by Crippen LogP contribution is 2.37. The molecule has 0 aromatic heterocycles. The summed E-state index contributed by atoms with van der Waals surface area (Å²) in [4.78, 5) is 12.0. The van der Waals surface area contributed by atoms with E-state index in [0.717, 1.165) is 24.5 Å². The van der Waals surface area contributed by atoms with Gasteiger partial charge in [0.1, 0.15) is 23.3 Å². The Hall–Kier alpha value is -3.18. The number of ether oxygens (including phenoxy) is 3. The molecule has 1 atom stereocenters. The monoisotopic (exact) mass is 439 g/mol. The van der Waals surface area contributed by atoms with E-state index in [0.29, 0.717) is 12.8 Å². The SMILES string of the molecule is C=COC(=O)C(CCC)Oc1cc(Oc2ccc(C(F)(F)F)cc2Cl)ccc1C#N. The van der Waals surface area contributed by atoms with Crippen molar-refractivity contribution in [1.29, 1.82) is 5.26 Å². The summed E-state index contributed by atoms with van der Waals surface area (Å²) < 4.78 is 54.3. The molecule has 0 spiro atoms. The molecule has 30 heavy (non-hydrogen) atoms. The largest absolute Gasteiger partial charge is 0.477 e. The van der Waals surface area contributed by atoms with Crippen LogP contribution in [0, 0.1) is 11.3 Å². The second kappa shape index (κ2) is 10.0. The number of hydrogen-bond donors (Lipinski definition) is 0. The second-order valence-electron chi connectivity index (χ2n) is 6.01. The van der Waals surface area contributed by atoms with Crippen molar-refractivity contribution in [3.05, 3.63) is 65.4 Å². The molecular formula is C21H17ClF3NO4. The maximum atomic E-state index is 12.8. The average Bonchev–Trinajstić information content (AvgIpc) is 2.69. The van der Waals surface area contributed by atoms with E-state index in [1.807, 2.05) is 13.0 Å². The van der Waals surface area contributed by atoms with Crippen molar-refractivity contribution in [3.63, 3.8) is 0 Å². The molecule has 2 rings (SSSR count). The molecular weight excluding hydrogens is 423 g/mol. The van der Waals surface area contributed by atoms with Crippen molar-refractivity contribution in [3.8, 4) is 23.3 Å². The number of halogens is 4. The van der Waals surface area contributed by atoms with Gasteiger partial charge in [-0.15, -0.1) is 0 Å². The number of benzene rings is 2. The van der Waals surface area contributed by atoms with Crippen LogP contribution >= 0.6 is 11.6 Å². The van der Waals surface area contributed by atoms with Gasteiger partial charge in [0.15, 0.2) is 6.10 Å². The summed E-state index contributed by atoms with van der Waals surface area (Å²) in [6, 6.07) is 8.78. The van der Waals surface area contributed by atoms with Crippen LogP contribution in [-0.2, 0) is 15.7 Å². The Morgan fingerprint density at radius 3 is 2.57 bits per heavy atom. The molecule has 0 aliphatic carbocycles. The van der Waals surface area contributed by atoms with Gasteiger partial charge >= 0.3 is 12.1 Å². The van der Waals surface area contributed by atoms with Crippen LogP contribution in [0.3, 0.4) is 0 Å². The van der Waals surface area contributed by atoms with Gasteiger partial charge in [0.2, 0.25) is 0 Å². The molecule has 0 aliphatic heterocycles. The fourth-order valence-corrected chi connectivity index (χ4v) is 2.66. The van der Waals surface area contributed by atoms with Crippen molar-refractivity contribution >= 4 is 17.6 Å². The van der Waals surface area contributed by atoms with E-state index in [2.05, 4.69) is 6.58 Å². The molecule has 2 aromatic carbocycles. The van der Waals surface area contributed by atoms with Gasteiger partial charge in [-0.2, -0.15) is 18.4 Å². The lowest BCUT2D eigenvalue weighted by Gasteiger charge is -2.18. The molecule has 5 nitrogen and oxygen atoms in total. The van der Waals surface area contributed by atoms with E-state index in [9.17, 15) is 23.2 Å². The molecule has 0 fully saturated rings. The zero-order chi connectivity index (χ0) is 22.3. The zero-order valence-electron chi connectivity index (χ0n) is 15.8. The summed E-state index contributed by atoms with van der Waals surface area (Å²) in [5.74, 6) is -0.486. The van der Waals surface area contributed by atoms with Gasteiger partial charge in [-0.05, 0) is 36.8 Å². The van der Waals surface area contributed by atoms with E-state index >= 15 is 0 Å². The Balaban J connectivity index is 2.31. The summed E-state index contributed by atoms with van der Waals surface area (Å²) in [6.45, 7) is 5.16. The molecule has 0 saturated carbocycles. The van der Waals surface area contributed by atoms with E-state index in [4.69, 9.17) is 25.8 Å². The number of nitriles is 1. The van der Waals surface area contributed by atoms with Gasteiger partial charge in [-0.25, -0.2) is 4.79 Å². The van der Waals surface area contributed by atoms with Crippen LogP contribution in [0.15, 0.2) is 49.2 Å². The smallest absolute Gasteiger partial charge is 0.416 e.